The van der Waals surface area contributed by atoms with E-state index in [1.165, 1.54) is 30.3 Å². The van der Waals surface area contributed by atoms with Gasteiger partial charge in [0.25, 0.3) is 10.0 Å². The Morgan fingerprint density at radius 2 is 1.71 bits per heavy atom. The molecule has 2 aromatic carbocycles. The first-order chi connectivity index (χ1) is 11.4. The largest absolute Gasteiger partial charge is 0.335 e. The second-order valence-corrected chi connectivity index (χ2v) is 7.20. The summed E-state index contributed by atoms with van der Waals surface area (Å²) >= 11 is 0. The molecule has 0 unspecified atom stereocenters. The minimum Gasteiger partial charge on any atom is -0.335 e. The number of carbonyl (C=O) groups is 1. The first kappa shape index (κ1) is 16.3. The summed E-state index contributed by atoms with van der Waals surface area (Å²) in [4.78, 5) is 11.5. The van der Waals surface area contributed by atoms with Crippen molar-refractivity contribution in [1.82, 2.24) is 5.32 Å². The van der Waals surface area contributed by atoms with Crippen LogP contribution in [0, 0.1) is 5.82 Å². The van der Waals surface area contributed by atoms with Gasteiger partial charge in [-0.3, -0.25) is 4.72 Å². The van der Waals surface area contributed by atoms with E-state index in [0.717, 1.165) is 18.9 Å². The summed E-state index contributed by atoms with van der Waals surface area (Å²) in [5, 5.41) is 5.45. The number of urea groups is 1. The maximum Gasteiger partial charge on any atom is 0.319 e. The average Bonchev–Trinajstić information content (AvgIpc) is 3.33. The molecule has 3 rings (SSSR count). The number of carbonyl (C=O) groups excluding carboxylic acids is 1. The van der Waals surface area contributed by atoms with Crippen molar-refractivity contribution in [3.8, 4) is 0 Å². The van der Waals surface area contributed by atoms with Gasteiger partial charge in [-0.25, -0.2) is 17.6 Å². The fourth-order valence-electron chi connectivity index (χ4n) is 2.05. The van der Waals surface area contributed by atoms with Crippen LogP contribution in [0.4, 0.5) is 20.6 Å². The minimum atomic E-state index is -3.87. The second-order valence-electron chi connectivity index (χ2n) is 5.51. The minimum absolute atomic E-state index is 0.159. The molecule has 0 atom stereocenters. The van der Waals surface area contributed by atoms with Crippen molar-refractivity contribution in [3.05, 3.63) is 54.3 Å². The lowest BCUT2D eigenvalue weighted by Crippen LogP contribution is -2.30. The van der Waals surface area contributed by atoms with Crippen molar-refractivity contribution in [2.24, 2.45) is 0 Å². The molecule has 3 N–H and O–H groups in total. The molecule has 1 fully saturated rings. The Kier molecular flexibility index (Phi) is 4.39. The zero-order chi connectivity index (χ0) is 17.2. The normalized spacial score (nSPS) is 14.0. The van der Waals surface area contributed by atoms with Crippen molar-refractivity contribution in [2.75, 3.05) is 10.0 Å². The third-order valence-electron chi connectivity index (χ3n) is 3.41. The quantitative estimate of drug-likeness (QED) is 0.776. The lowest BCUT2D eigenvalue weighted by molar-refractivity contribution is 0.251. The van der Waals surface area contributed by atoms with Crippen LogP contribution >= 0.6 is 0 Å². The molecule has 8 heteroatoms. The van der Waals surface area contributed by atoms with E-state index in [1.807, 2.05) is 0 Å². The molecule has 2 amide bonds. The summed E-state index contributed by atoms with van der Waals surface area (Å²) in [6.07, 6.45) is 1.99. The highest BCUT2D eigenvalue weighted by atomic mass is 32.2. The van der Waals surface area contributed by atoms with Crippen molar-refractivity contribution >= 4 is 27.4 Å². The molecule has 0 aromatic heterocycles. The number of hydrogen-bond acceptors (Lipinski definition) is 3. The molecular formula is C16H16FN3O3S. The Morgan fingerprint density at radius 1 is 1.04 bits per heavy atom. The molecule has 24 heavy (non-hydrogen) atoms. The maximum absolute atomic E-state index is 13.2. The molecule has 0 aliphatic heterocycles. The van der Waals surface area contributed by atoms with E-state index >= 15 is 0 Å². The van der Waals surface area contributed by atoms with Crippen LogP contribution < -0.4 is 15.4 Å². The van der Waals surface area contributed by atoms with Gasteiger partial charge in [0.05, 0.1) is 4.90 Å². The molecule has 0 radical (unpaired) electrons. The summed E-state index contributed by atoms with van der Waals surface area (Å²) < 4.78 is 39.9. The lowest BCUT2D eigenvalue weighted by atomic mass is 10.3. The zero-order valence-electron chi connectivity index (χ0n) is 12.6. The van der Waals surface area contributed by atoms with Crippen LogP contribution in [0.3, 0.4) is 0 Å². The van der Waals surface area contributed by atoms with E-state index in [-0.39, 0.29) is 17.0 Å². The fraction of sp³-hybridized carbons (Fsp3) is 0.188. The van der Waals surface area contributed by atoms with E-state index in [2.05, 4.69) is 15.4 Å². The van der Waals surface area contributed by atoms with Crippen LogP contribution in [0.2, 0.25) is 0 Å². The van der Waals surface area contributed by atoms with Crippen LogP contribution in [-0.4, -0.2) is 20.5 Å². The first-order valence-electron chi connectivity index (χ1n) is 7.38. The molecular weight excluding hydrogens is 333 g/mol. The van der Waals surface area contributed by atoms with Gasteiger partial charge in [-0.15, -0.1) is 0 Å². The van der Waals surface area contributed by atoms with E-state index in [9.17, 15) is 17.6 Å². The highest BCUT2D eigenvalue weighted by Crippen LogP contribution is 2.20. The van der Waals surface area contributed by atoms with Crippen molar-refractivity contribution in [2.45, 2.75) is 23.8 Å². The van der Waals surface area contributed by atoms with Gasteiger partial charge < -0.3 is 10.6 Å². The topological polar surface area (TPSA) is 87.3 Å². The zero-order valence-corrected chi connectivity index (χ0v) is 13.4. The molecule has 6 nitrogen and oxygen atoms in total. The fourth-order valence-corrected chi connectivity index (χ4v) is 3.14. The van der Waals surface area contributed by atoms with Crippen LogP contribution in [0.1, 0.15) is 12.8 Å². The van der Waals surface area contributed by atoms with E-state index < -0.39 is 15.8 Å². The number of anilines is 2. The Hall–Kier alpha value is -2.61. The number of nitrogens with one attached hydrogen (secondary N) is 3. The highest BCUT2D eigenvalue weighted by molar-refractivity contribution is 7.92. The number of benzene rings is 2. The molecule has 2 aromatic rings. The molecule has 1 aliphatic rings. The van der Waals surface area contributed by atoms with Crippen LogP contribution in [0.25, 0.3) is 0 Å². The predicted molar refractivity (Wildman–Crippen MR) is 88.8 cm³/mol. The van der Waals surface area contributed by atoms with Gasteiger partial charge in [0.1, 0.15) is 5.82 Å². The van der Waals surface area contributed by atoms with Gasteiger partial charge in [-0.2, -0.15) is 0 Å². The van der Waals surface area contributed by atoms with Gasteiger partial charge in [-0.1, -0.05) is 6.07 Å². The SMILES string of the molecule is O=C(Nc1ccc(NS(=O)(=O)c2cccc(F)c2)cc1)NC1CC1. The Labute approximate surface area is 139 Å². The number of hydrogen-bond donors (Lipinski definition) is 3. The third kappa shape index (κ3) is 4.23. The summed E-state index contributed by atoms with van der Waals surface area (Å²) in [6, 6.07) is 10.9. The van der Waals surface area contributed by atoms with Gasteiger partial charge in [0, 0.05) is 17.4 Å². The van der Waals surface area contributed by atoms with Crippen molar-refractivity contribution in [1.29, 1.82) is 0 Å². The number of sulfonamides is 1. The number of halogens is 1. The standard InChI is InChI=1S/C16H16FN3O3S/c17-11-2-1-3-15(10-11)24(22,23)20-14-8-6-13(7-9-14)19-16(21)18-12-4-5-12/h1-3,6-10,12,20H,4-5H2,(H2,18,19,21). The van der Waals surface area contributed by atoms with Crippen molar-refractivity contribution in [3.63, 3.8) is 0 Å². The molecule has 0 spiro atoms. The monoisotopic (exact) mass is 349 g/mol. The Bertz CT molecular complexity index is 849. The highest BCUT2D eigenvalue weighted by Gasteiger charge is 2.23. The second kappa shape index (κ2) is 6.48. The molecule has 126 valence electrons. The molecule has 0 bridgehead atoms. The van der Waals surface area contributed by atoms with E-state index in [1.54, 1.807) is 12.1 Å². The Morgan fingerprint density at radius 3 is 2.33 bits per heavy atom. The van der Waals surface area contributed by atoms with Gasteiger partial charge >= 0.3 is 6.03 Å². The number of rotatable bonds is 5. The molecule has 1 aliphatic carbocycles. The molecule has 0 saturated heterocycles. The summed E-state index contributed by atoms with van der Waals surface area (Å²) in [5.41, 5.74) is 0.856. The number of amides is 2. The van der Waals surface area contributed by atoms with Crippen LogP contribution in [0.15, 0.2) is 53.4 Å². The maximum atomic E-state index is 13.2. The third-order valence-corrected chi connectivity index (χ3v) is 4.79. The van der Waals surface area contributed by atoms with Gasteiger partial charge in [0.15, 0.2) is 0 Å². The van der Waals surface area contributed by atoms with Gasteiger partial charge in [-0.05, 0) is 55.3 Å². The smallest absolute Gasteiger partial charge is 0.319 e. The van der Waals surface area contributed by atoms with Gasteiger partial charge in [0.2, 0.25) is 0 Å². The predicted octanol–water partition coefficient (Wildman–Crippen LogP) is 2.91. The lowest BCUT2D eigenvalue weighted by Gasteiger charge is -2.10. The first-order valence-corrected chi connectivity index (χ1v) is 8.87. The summed E-state index contributed by atoms with van der Waals surface area (Å²) in [5.74, 6) is -0.626. The molecule has 1 saturated carbocycles. The van der Waals surface area contributed by atoms with E-state index in [0.29, 0.717) is 11.4 Å². The Balaban J connectivity index is 1.65. The summed E-state index contributed by atoms with van der Waals surface area (Å²) in [6.45, 7) is 0. The average molecular weight is 349 g/mol. The molecule has 0 heterocycles. The van der Waals surface area contributed by atoms with E-state index in [4.69, 9.17) is 0 Å². The van der Waals surface area contributed by atoms with Crippen molar-refractivity contribution < 1.29 is 17.6 Å². The van der Waals surface area contributed by atoms with Crippen LogP contribution in [0.5, 0.6) is 0 Å². The summed E-state index contributed by atoms with van der Waals surface area (Å²) in [7, 11) is -3.87. The van der Waals surface area contributed by atoms with Crippen LogP contribution in [-0.2, 0) is 10.0 Å².